The lowest BCUT2D eigenvalue weighted by Gasteiger charge is -2.14. The lowest BCUT2D eigenvalue weighted by molar-refractivity contribution is 0.609. The first-order valence-corrected chi connectivity index (χ1v) is 11.2. The molecule has 4 N–H and O–H groups in total. The summed E-state index contributed by atoms with van der Waals surface area (Å²) >= 11 is 0. The molecule has 0 aliphatic heterocycles. The average molecular weight is 455 g/mol. The van der Waals surface area contributed by atoms with Gasteiger partial charge in [-0.1, -0.05) is 24.3 Å². The van der Waals surface area contributed by atoms with Gasteiger partial charge < -0.3 is 15.6 Å². The van der Waals surface area contributed by atoms with Crippen LogP contribution in [-0.2, 0) is 0 Å². The van der Waals surface area contributed by atoms with Crippen LogP contribution in [0.5, 0.6) is 0 Å². The summed E-state index contributed by atoms with van der Waals surface area (Å²) in [7, 11) is 0. The number of aromatic nitrogens is 6. The predicted molar refractivity (Wildman–Crippen MR) is 129 cm³/mol. The molecule has 1 fully saturated rings. The molecule has 1 saturated carbocycles. The van der Waals surface area contributed by atoms with Gasteiger partial charge in [-0.2, -0.15) is 10.1 Å². The molecule has 1 aliphatic rings. The van der Waals surface area contributed by atoms with E-state index < -0.39 is 0 Å². The second-order valence-corrected chi connectivity index (χ2v) is 8.61. The maximum Gasteiger partial charge on any atom is 0.225 e. The van der Waals surface area contributed by atoms with E-state index in [1.54, 1.807) is 24.7 Å². The smallest absolute Gasteiger partial charge is 0.225 e. The van der Waals surface area contributed by atoms with Crippen LogP contribution in [0.1, 0.15) is 48.0 Å². The monoisotopic (exact) mass is 454 g/mol. The summed E-state index contributed by atoms with van der Waals surface area (Å²) in [5.74, 6) is 2.09. The van der Waals surface area contributed by atoms with Gasteiger partial charge in [0.1, 0.15) is 11.6 Å². The zero-order chi connectivity index (χ0) is 23.1. The SMILES string of the molecule is C[C@H](Nc1nccc(Nc2cc([C@H]3C[C@@H]3c3ccccc3F)[nH]n2)n1)c1ccc2[nH]cnc2c1. The Bertz CT molecular complexity index is 1460. The number of halogens is 1. The van der Waals surface area contributed by atoms with E-state index in [0.29, 0.717) is 17.6 Å². The highest BCUT2D eigenvalue weighted by Crippen LogP contribution is 2.54. The molecule has 3 atom stereocenters. The summed E-state index contributed by atoms with van der Waals surface area (Å²) in [6.07, 6.45) is 4.30. The molecule has 0 amide bonds. The van der Waals surface area contributed by atoms with Gasteiger partial charge in [-0.05, 0) is 54.7 Å². The van der Waals surface area contributed by atoms with E-state index in [2.05, 4.69) is 53.8 Å². The van der Waals surface area contributed by atoms with E-state index >= 15 is 0 Å². The van der Waals surface area contributed by atoms with Crippen LogP contribution in [0.25, 0.3) is 11.0 Å². The highest BCUT2D eigenvalue weighted by molar-refractivity contribution is 5.75. The Balaban J connectivity index is 1.12. The summed E-state index contributed by atoms with van der Waals surface area (Å²) < 4.78 is 14.1. The number of benzene rings is 2. The van der Waals surface area contributed by atoms with Gasteiger partial charge in [-0.25, -0.2) is 14.4 Å². The minimum Gasteiger partial charge on any atom is -0.348 e. The lowest BCUT2D eigenvalue weighted by atomic mass is 10.1. The number of anilines is 3. The first kappa shape index (κ1) is 20.3. The highest BCUT2D eigenvalue weighted by Gasteiger charge is 2.42. The molecule has 2 aromatic carbocycles. The minimum absolute atomic E-state index is 0.00137. The Hall–Kier alpha value is -4.27. The van der Waals surface area contributed by atoms with Crippen molar-refractivity contribution in [2.45, 2.75) is 31.2 Å². The van der Waals surface area contributed by atoms with Crippen LogP contribution < -0.4 is 10.6 Å². The second kappa shape index (κ2) is 8.26. The fourth-order valence-electron chi connectivity index (χ4n) is 4.37. The van der Waals surface area contributed by atoms with E-state index in [9.17, 15) is 4.39 Å². The molecular formula is C25H23FN8. The van der Waals surface area contributed by atoms with Crippen molar-refractivity contribution < 1.29 is 4.39 Å². The molecule has 6 rings (SSSR count). The highest BCUT2D eigenvalue weighted by atomic mass is 19.1. The van der Waals surface area contributed by atoms with Crippen molar-refractivity contribution in [3.05, 3.63) is 89.8 Å². The summed E-state index contributed by atoms with van der Waals surface area (Å²) in [5, 5.41) is 14.0. The molecule has 0 radical (unpaired) electrons. The molecule has 170 valence electrons. The maximum atomic E-state index is 14.1. The fraction of sp³-hybridized carbons (Fsp3) is 0.200. The zero-order valence-electron chi connectivity index (χ0n) is 18.5. The van der Waals surface area contributed by atoms with Crippen molar-refractivity contribution in [1.29, 1.82) is 0 Å². The molecule has 0 saturated heterocycles. The number of rotatable bonds is 7. The largest absolute Gasteiger partial charge is 0.348 e. The second-order valence-electron chi connectivity index (χ2n) is 8.61. The number of H-pyrrole nitrogens is 2. The fourth-order valence-corrected chi connectivity index (χ4v) is 4.37. The number of imidazole rings is 1. The number of fused-ring (bicyclic) bond motifs is 1. The van der Waals surface area contributed by atoms with Crippen LogP contribution in [0.15, 0.2) is 67.1 Å². The summed E-state index contributed by atoms with van der Waals surface area (Å²) in [4.78, 5) is 16.3. The Morgan fingerprint density at radius 3 is 2.85 bits per heavy atom. The third-order valence-electron chi connectivity index (χ3n) is 6.30. The normalized spacial score (nSPS) is 18.1. The predicted octanol–water partition coefficient (Wildman–Crippen LogP) is 5.40. The molecule has 5 aromatic rings. The van der Waals surface area contributed by atoms with Gasteiger partial charge >= 0.3 is 0 Å². The molecule has 0 bridgehead atoms. The van der Waals surface area contributed by atoms with Crippen LogP contribution in [0.2, 0.25) is 0 Å². The van der Waals surface area contributed by atoms with Gasteiger partial charge in [0.05, 0.1) is 23.4 Å². The Kier molecular flexibility index (Phi) is 4.94. The standard InChI is InChI=1S/C25H23FN8/c1-14(15-6-7-20-22(10-15)29-13-28-20)30-25-27-9-8-23(32-25)31-24-12-21(33-34-24)18-11-17(18)16-4-2-3-5-19(16)26/h2-10,12-14,17-18H,11H2,1H3,(H,28,29)(H3,27,30,31,32,33,34)/t14-,17+,18-/m0/s1. The quantitative estimate of drug-likeness (QED) is 0.262. The zero-order valence-corrected chi connectivity index (χ0v) is 18.5. The molecule has 3 heterocycles. The van der Waals surface area contributed by atoms with Gasteiger partial charge in [0.2, 0.25) is 5.95 Å². The van der Waals surface area contributed by atoms with Crippen molar-refractivity contribution in [3.8, 4) is 0 Å². The van der Waals surface area contributed by atoms with Gasteiger partial charge in [-0.15, -0.1) is 0 Å². The van der Waals surface area contributed by atoms with E-state index in [4.69, 9.17) is 0 Å². The number of aromatic amines is 2. The first-order valence-electron chi connectivity index (χ1n) is 11.2. The average Bonchev–Trinajstić information content (AvgIpc) is 3.25. The third kappa shape index (κ3) is 3.96. The van der Waals surface area contributed by atoms with Crippen LogP contribution in [0, 0.1) is 5.82 Å². The number of nitrogens with zero attached hydrogens (tertiary/aromatic N) is 4. The van der Waals surface area contributed by atoms with Crippen LogP contribution >= 0.6 is 0 Å². The van der Waals surface area contributed by atoms with Gasteiger partial charge in [0.15, 0.2) is 5.82 Å². The van der Waals surface area contributed by atoms with E-state index in [-0.39, 0.29) is 23.7 Å². The van der Waals surface area contributed by atoms with Crippen molar-refractivity contribution in [2.24, 2.45) is 0 Å². The Labute approximate surface area is 195 Å². The van der Waals surface area contributed by atoms with E-state index in [1.807, 2.05) is 30.3 Å². The molecular weight excluding hydrogens is 431 g/mol. The molecule has 34 heavy (non-hydrogen) atoms. The number of nitrogens with one attached hydrogen (secondary N) is 4. The molecule has 1 aliphatic carbocycles. The van der Waals surface area contributed by atoms with Crippen LogP contribution in [0.4, 0.5) is 22.0 Å². The van der Waals surface area contributed by atoms with Crippen molar-refractivity contribution in [2.75, 3.05) is 10.6 Å². The molecule has 8 nitrogen and oxygen atoms in total. The summed E-state index contributed by atoms with van der Waals surface area (Å²) in [6, 6.07) is 16.8. The maximum absolute atomic E-state index is 14.1. The van der Waals surface area contributed by atoms with Crippen molar-refractivity contribution in [3.63, 3.8) is 0 Å². The van der Waals surface area contributed by atoms with Crippen molar-refractivity contribution >= 4 is 28.6 Å². The topological polar surface area (TPSA) is 107 Å². The van der Waals surface area contributed by atoms with E-state index in [1.165, 1.54) is 6.07 Å². The van der Waals surface area contributed by atoms with Crippen LogP contribution in [0.3, 0.4) is 0 Å². The van der Waals surface area contributed by atoms with Crippen LogP contribution in [-0.4, -0.2) is 30.1 Å². The first-order chi connectivity index (χ1) is 16.6. The van der Waals surface area contributed by atoms with Gasteiger partial charge in [0, 0.05) is 23.9 Å². The number of hydrogen-bond donors (Lipinski definition) is 4. The number of hydrogen-bond acceptors (Lipinski definition) is 6. The Morgan fingerprint density at radius 2 is 1.94 bits per heavy atom. The molecule has 9 heteroatoms. The summed E-state index contributed by atoms with van der Waals surface area (Å²) in [6.45, 7) is 2.05. The van der Waals surface area contributed by atoms with E-state index in [0.717, 1.165) is 34.3 Å². The Morgan fingerprint density at radius 1 is 1.03 bits per heavy atom. The third-order valence-corrected chi connectivity index (χ3v) is 6.30. The molecule has 0 spiro atoms. The lowest BCUT2D eigenvalue weighted by Crippen LogP contribution is -2.10. The summed E-state index contributed by atoms with van der Waals surface area (Å²) in [5.41, 5.74) is 4.77. The molecule has 3 aromatic heterocycles. The van der Waals surface area contributed by atoms with Gasteiger partial charge in [-0.3, -0.25) is 5.10 Å². The minimum atomic E-state index is -0.146. The van der Waals surface area contributed by atoms with Crippen molar-refractivity contribution in [1.82, 2.24) is 30.1 Å². The van der Waals surface area contributed by atoms with Gasteiger partial charge in [0.25, 0.3) is 0 Å². The molecule has 0 unspecified atom stereocenters.